The smallest absolute Gasteiger partial charge is 0.258 e. The monoisotopic (exact) mass is 522 g/mol. The number of carbonyl (C=O) groups excluding carboxylic acids is 3. The molecule has 38 heavy (non-hydrogen) atoms. The lowest BCUT2D eigenvalue weighted by Gasteiger charge is -2.51. The molecule has 0 heterocycles. The zero-order valence-electron chi connectivity index (χ0n) is 20.9. The molecule has 0 fully saturated rings. The van der Waals surface area contributed by atoms with E-state index < -0.39 is 69.8 Å². The highest BCUT2D eigenvalue weighted by molar-refractivity contribution is 6.25. The van der Waals surface area contributed by atoms with Crippen molar-refractivity contribution in [1.29, 1.82) is 0 Å². The molecule has 2 aromatic rings. The third-order valence-electron chi connectivity index (χ3n) is 8.05. The molecule has 0 spiro atoms. The van der Waals surface area contributed by atoms with Crippen molar-refractivity contribution in [1.82, 2.24) is 10.2 Å². The first kappa shape index (κ1) is 25.6. The molecule has 5 N–H and O–H groups in total. The van der Waals surface area contributed by atoms with Crippen molar-refractivity contribution in [3.05, 3.63) is 87.6 Å². The van der Waals surface area contributed by atoms with Gasteiger partial charge in [-0.25, -0.2) is 4.39 Å². The van der Waals surface area contributed by atoms with E-state index in [-0.39, 0.29) is 23.3 Å². The van der Waals surface area contributed by atoms with E-state index >= 15 is 0 Å². The molecule has 198 valence electrons. The van der Waals surface area contributed by atoms with Gasteiger partial charge in [-0.3, -0.25) is 19.3 Å². The van der Waals surface area contributed by atoms with Gasteiger partial charge in [-0.1, -0.05) is 24.3 Å². The van der Waals surface area contributed by atoms with Crippen molar-refractivity contribution < 1.29 is 39.2 Å². The van der Waals surface area contributed by atoms with E-state index in [1.807, 2.05) is 0 Å². The highest BCUT2D eigenvalue weighted by atomic mass is 19.1. The van der Waals surface area contributed by atoms with Crippen LogP contribution in [0, 0.1) is 17.7 Å². The largest absolute Gasteiger partial charge is 0.510 e. The van der Waals surface area contributed by atoms with E-state index in [1.165, 1.54) is 42.3 Å². The Hall–Kier alpha value is -4.02. The number of nitrogens with one attached hydrogen (secondary N) is 1. The van der Waals surface area contributed by atoms with Crippen LogP contribution >= 0.6 is 0 Å². The Labute approximate surface area is 217 Å². The number of aliphatic hydroxyl groups excluding tert-OH is 2. The number of benzene rings is 2. The average Bonchev–Trinajstić information content (AvgIpc) is 2.87. The number of amides is 1. The van der Waals surface area contributed by atoms with Crippen molar-refractivity contribution in [2.24, 2.45) is 11.8 Å². The number of halogens is 1. The van der Waals surface area contributed by atoms with E-state index in [1.54, 1.807) is 26.2 Å². The Morgan fingerprint density at radius 2 is 1.74 bits per heavy atom. The standard InChI is InChI=1S/C28H27FN2O7/c1-30-27(37)21-24(34)22(31(2)3)16-11-15-18(12-7-9-13(29)10-8-12)14-5-4-6-17(32)19(14)23(33)20(15)25(35)28(16,38)26(21)36/h4-10,15-16,18,22,32,34-35,38H,11H2,1-3H3,(H,30,37)/t15-,16+,18+,22+,28+/m1/s1. The van der Waals surface area contributed by atoms with Gasteiger partial charge in [0.25, 0.3) is 5.91 Å². The van der Waals surface area contributed by atoms with Gasteiger partial charge in [-0.2, -0.15) is 0 Å². The maximum absolute atomic E-state index is 13.8. The van der Waals surface area contributed by atoms with Crippen molar-refractivity contribution in [3.63, 3.8) is 0 Å². The second-order valence-electron chi connectivity index (χ2n) is 10.2. The maximum Gasteiger partial charge on any atom is 0.258 e. The van der Waals surface area contributed by atoms with Crippen molar-refractivity contribution in [2.45, 2.75) is 24.0 Å². The van der Waals surface area contributed by atoms with Crippen LogP contribution in [0.5, 0.6) is 5.75 Å². The molecule has 10 heteroatoms. The maximum atomic E-state index is 13.8. The fourth-order valence-electron chi connectivity index (χ4n) is 6.42. The summed E-state index contributed by atoms with van der Waals surface area (Å²) in [5, 5.41) is 47.4. The van der Waals surface area contributed by atoms with E-state index in [2.05, 4.69) is 5.32 Å². The number of likely N-dealkylation sites (N-methyl/N-ethyl adjacent to an activating group) is 2. The number of ketones is 2. The third kappa shape index (κ3) is 3.33. The summed E-state index contributed by atoms with van der Waals surface area (Å²) in [6.45, 7) is 0. The van der Waals surface area contributed by atoms with Crippen LogP contribution in [0.3, 0.4) is 0 Å². The van der Waals surface area contributed by atoms with Gasteiger partial charge in [-0.15, -0.1) is 0 Å². The van der Waals surface area contributed by atoms with Gasteiger partial charge in [0.1, 0.15) is 28.7 Å². The minimum Gasteiger partial charge on any atom is -0.510 e. The number of fused-ring (bicyclic) bond motifs is 3. The average molecular weight is 523 g/mol. The molecule has 0 unspecified atom stereocenters. The highest BCUT2D eigenvalue weighted by Crippen LogP contribution is 2.56. The lowest BCUT2D eigenvalue weighted by molar-refractivity contribution is -0.148. The first-order valence-corrected chi connectivity index (χ1v) is 12.1. The molecule has 5 atom stereocenters. The number of hydrogen-bond acceptors (Lipinski definition) is 8. The molecule has 0 saturated heterocycles. The van der Waals surface area contributed by atoms with E-state index in [0.29, 0.717) is 11.1 Å². The van der Waals surface area contributed by atoms with Gasteiger partial charge >= 0.3 is 0 Å². The normalized spacial score (nSPS) is 28.7. The number of carbonyl (C=O) groups is 3. The molecule has 5 rings (SSSR count). The van der Waals surface area contributed by atoms with E-state index in [0.717, 1.165) is 0 Å². The van der Waals surface area contributed by atoms with Gasteiger partial charge in [-0.05, 0) is 49.8 Å². The summed E-state index contributed by atoms with van der Waals surface area (Å²) in [6.07, 6.45) is -0.0571. The fraction of sp³-hybridized carbons (Fsp3) is 0.321. The van der Waals surface area contributed by atoms with Gasteiger partial charge in [0.15, 0.2) is 11.4 Å². The van der Waals surface area contributed by atoms with Gasteiger partial charge in [0.2, 0.25) is 5.78 Å². The quantitative estimate of drug-likeness (QED) is 0.385. The van der Waals surface area contributed by atoms with E-state index in [4.69, 9.17) is 0 Å². The summed E-state index contributed by atoms with van der Waals surface area (Å²) in [4.78, 5) is 41.5. The predicted molar refractivity (Wildman–Crippen MR) is 133 cm³/mol. The zero-order valence-corrected chi connectivity index (χ0v) is 20.9. The second kappa shape index (κ2) is 8.78. The molecule has 9 nitrogen and oxygen atoms in total. The van der Waals surface area contributed by atoms with Gasteiger partial charge in [0.05, 0.1) is 11.6 Å². The number of phenols is 1. The van der Waals surface area contributed by atoms with Crippen LogP contribution in [0.15, 0.2) is 65.1 Å². The third-order valence-corrected chi connectivity index (χ3v) is 8.05. The molecular formula is C28H27FN2O7. The summed E-state index contributed by atoms with van der Waals surface area (Å²) >= 11 is 0. The Bertz CT molecular complexity index is 1450. The molecule has 1 amide bonds. The van der Waals surface area contributed by atoms with Crippen molar-refractivity contribution in [2.75, 3.05) is 21.1 Å². The molecule has 3 aliphatic rings. The Morgan fingerprint density at radius 3 is 2.34 bits per heavy atom. The van der Waals surface area contributed by atoms with Crippen LogP contribution in [0.4, 0.5) is 4.39 Å². The first-order chi connectivity index (χ1) is 17.9. The number of nitrogens with zero attached hydrogens (tertiary/aromatic N) is 1. The highest BCUT2D eigenvalue weighted by Gasteiger charge is 2.64. The summed E-state index contributed by atoms with van der Waals surface area (Å²) < 4.78 is 13.8. The summed E-state index contributed by atoms with van der Waals surface area (Å²) in [6, 6.07) is 9.07. The molecule has 0 saturated carbocycles. The molecule has 0 aromatic heterocycles. The van der Waals surface area contributed by atoms with Crippen LogP contribution < -0.4 is 5.32 Å². The van der Waals surface area contributed by atoms with E-state index in [9.17, 15) is 39.2 Å². The number of aromatic hydroxyl groups is 1. The van der Waals surface area contributed by atoms with Gasteiger partial charge in [0, 0.05) is 30.4 Å². The second-order valence-corrected chi connectivity index (χ2v) is 10.2. The number of allylic oxidation sites excluding steroid dienone is 1. The van der Waals surface area contributed by atoms with Crippen LogP contribution in [-0.2, 0) is 9.59 Å². The Morgan fingerprint density at radius 1 is 1.08 bits per heavy atom. The fourth-order valence-corrected chi connectivity index (χ4v) is 6.42. The minimum absolute atomic E-state index is 0.0571. The number of rotatable bonds is 3. The van der Waals surface area contributed by atoms with Crippen LogP contribution in [0.2, 0.25) is 0 Å². The minimum atomic E-state index is -2.69. The van der Waals surface area contributed by atoms with Crippen molar-refractivity contribution in [3.8, 4) is 5.75 Å². The molecular weight excluding hydrogens is 495 g/mol. The SMILES string of the molecule is CNC(=O)C1=C(O)[C@@H](N(C)C)[C@@H]2C[C@H]3C(=C(O)[C@]2(O)C1=O)C(=O)c1c(O)cccc1[C@@H]3c1ccc(F)cc1. The number of hydrogen-bond donors (Lipinski definition) is 5. The van der Waals surface area contributed by atoms with Crippen LogP contribution in [0.1, 0.15) is 33.8 Å². The first-order valence-electron chi connectivity index (χ1n) is 12.1. The number of phenolic OH excluding ortho intramolecular Hbond substituents is 1. The molecule has 0 aliphatic heterocycles. The Kier molecular flexibility index (Phi) is 5.92. The summed E-state index contributed by atoms with van der Waals surface area (Å²) in [5.74, 6) is -7.86. The predicted octanol–water partition coefficient (Wildman–Crippen LogP) is 2.11. The van der Waals surface area contributed by atoms with Crippen LogP contribution in [0.25, 0.3) is 0 Å². The zero-order chi connectivity index (χ0) is 27.7. The summed E-state index contributed by atoms with van der Waals surface area (Å²) in [5.41, 5.74) is -2.74. The van der Waals surface area contributed by atoms with Crippen molar-refractivity contribution >= 4 is 17.5 Å². The molecule has 0 bridgehead atoms. The molecule has 3 aliphatic carbocycles. The van der Waals surface area contributed by atoms with Gasteiger partial charge < -0.3 is 25.7 Å². The lowest BCUT2D eigenvalue weighted by atomic mass is 9.55. The molecule has 0 radical (unpaired) electrons. The number of Topliss-reactive ketones (excluding diaryl/α,β-unsaturated/α-hetero) is 2. The summed E-state index contributed by atoms with van der Waals surface area (Å²) in [7, 11) is 4.43. The topological polar surface area (TPSA) is 147 Å². The van der Waals surface area contributed by atoms with Crippen LogP contribution in [-0.4, -0.2) is 75.6 Å². The number of aliphatic hydroxyl groups is 3. The molecule has 2 aromatic carbocycles. The Balaban J connectivity index is 1.81. The lowest BCUT2D eigenvalue weighted by Crippen LogP contribution is -2.64.